The van der Waals surface area contributed by atoms with E-state index >= 15 is 0 Å². The van der Waals surface area contributed by atoms with Gasteiger partial charge < -0.3 is 14.8 Å². The molecule has 0 saturated heterocycles. The predicted molar refractivity (Wildman–Crippen MR) is 76.3 cm³/mol. The average Bonchev–Trinajstić information content (AvgIpc) is 2.68. The fourth-order valence-electron chi connectivity index (χ4n) is 2.01. The summed E-state index contributed by atoms with van der Waals surface area (Å²) in [5, 5.41) is 13.9. The van der Waals surface area contributed by atoms with Crippen LogP contribution < -0.4 is 5.32 Å². The maximum Gasteiger partial charge on any atom is 0.105 e. The first-order valence-corrected chi connectivity index (χ1v) is 6.64. The summed E-state index contributed by atoms with van der Waals surface area (Å²) in [4.78, 5) is 0. The third kappa shape index (κ3) is 3.83. The van der Waals surface area contributed by atoms with Crippen LogP contribution in [0.2, 0.25) is 5.02 Å². The van der Waals surface area contributed by atoms with Crippen LogP contribution in [0.5, 0.6) is 0 Å². The van der Waals surface area contributed by atoms with Crippen LogP contribution in [0.1, 0.15) is 28.8 Å². The molecule has 3 nitrogen and oxygen atoms in total. The molecule has 1 aromatic heterocycles. The Bertz CT molecular complexity index is 534. The van der Waals surface area contributed by atoms with Crippen LogP contribution in [0.4, 0.5) is 0 Å². The van der Waals surface area contributed by atoms with E-state index in [1.54, 1.807) is 12.1 Å². The summed E-state index contributed by atoms with van der Waals surface area (Å²) in [5.74, 6) is 1.83. The molecule has 0 fully saturated rings. The number of nitrogens with one attached hydrogen (secondary N) is 1. The van der Waals surface area contributed by atoms with Crippen molar-refractivity contribution in [2.45, 2.75) is 26.5 Å². The van der Waals surface area contributed by atoms with Gasteiger partial charge in [-0.3, -0.25) is 0 Å². The molecular weight excluding hydrogens is 262 g/mol. The minimum Gasteiger partial charge on any atom is -0.466 e. The summed E-state index contributed by atoms with van der Waals surface area (Å²) in [6.07, 6.45) is -0.537. The standard InChI is InChI=1S/C15H18ClNO2/c1-10-7-13(11(2)19-10)8-17-9-15(18)12-3-5-14(16)6-4-12/h3-7,15,17-18H,8-9H2,1-2H3. The van der Waals surface area contributed by atoms with Gasteiger partial charge in [-0.1, -0.05) is 23.7 Å². The normalized spacial score (nSPS) is 12.6. The van der Waals surface area contributed by atoms with Gasteiger partial charge >= 0.3 is 0 Å². The van der Waals surface area contributed by atoms with Gasteiger partial charge in [0.1, 0.15) is 11.5 Å². The Morgan fingerprint density at radius 1 is 1.26 bits per heavy atom. The van der Waals surface area contributed by atoms with Crippen LogP contribution in [0.25, 0.3) is 0 Å². The lowest BCUT2D eigenvalue weighted by Crippen LogP contribution is -2.21. The summed E-state index contributed by atoms with van der Waals surface area (Å²) in [6, 6.07) is 9.24. The number of aliphatic hydroxyl groups is 1. The third-order valence-electron chi connectivity index (χ3n) is 3.05. The SMILES string of the molecule is Cc1cc(CNCC(O)c2ccc(Cl)cc2)c(C)o1. The molecule has 2 rings (SSSR count). The Labute approximate surface area is 118 Å². The molecule has 0 aliphatic carbocycles. The molecule has 2 N–H and O–H groups in total. The molecule has 0 amide bonds. The summed E-state index contributed by atoms with van der Waals surface area (Å²) >= 11 is 5.81. The lowest BCUT2D eigenvalue weighted by atomic mass is 10.1. The molecule has 19 heavy (non-hydrogen) atoms. The van der Waals surface area contributed by atoms with Crippen LogP contribution in [0.15, 0.2) is 34.7 Å². The van der Waals surface area contributed by atoms with Gasteiger partial charge in [-0.15, -0.1) is 0 Å². The number of halogens is 1. The zero-order valence-corrected chi connectivity index (χ0v) is 11.9. The number of benzene rings is 1. The highest BCUT2D eigenvalue weighted by Crippen LogP contribution is 2.17. The van der Waals surface area contributed by atoms with E-state index in [9.17, 15) is 5.11 Å². The molecule has 0 radical (unpaired) electrons. The van der Waals surface area contributed by atoms with Crippen LogP contribution >= 0.6 is 11.6 Å². The highest BCUT2D eigenvalue weighted by Gasteiger charge is 2.08. The van der Waals surface area contributed by atoms with Crippen LogP contribution in [0, 0.1) is 13.8 Å². The van der Waals surface area contributed by atoms with Crippen molar-refractivity contribution in [2.75, 3.05) is 6.54 Å². The molecule has 4 heteroatoms. The van der Waals surface area contributed by atoms with Crippen molar-refractivity contribution in [2.24, 2.45) is 0 Å². The Balaban J connectivity index is 1.85. The Morgan fingerprint density at radius 2 is 1.95 bits per heavy atom. The van der Waals surface area contributed by atoms with Gasteiger partial charge in [0.15, 0.2) is 0 Å². The summed E-state index contributed by atoms with van der Waals surface area (Å²) in [6.45, 7) is 5.05. The van der Waals surface area contributed by atoms with E-state index in [1.807, 2.05) is 32.0 Å². The molecule has 1 atom stereocenters. The maximum atomic E-state index is 10.0. The number of aryl methyl sites for hydroxylation is 2. The summed E-state index contributed by atoms with van der Waals surface area (Å²) in [7, 11) is 0. The maximum absolute atomic E-state index is 10.0. The second-order valence-corrected chi connectivity index (χ2v) is 5.07. The van der Waals surface area contributed by atoms with Gasteiger partial charge in [0.05, 0.1) is 6.10 Å². The number of furan rings is 1. The Hall–Kier alpha value is -1.29. The molecule has 0 saturated carbocycles. The molecule has 0 aliphatic rings. The van der Waals surface area contributed by atoms with Crippen molar-refractivity contribution < 1.29 is 9.52 Å². The van der Waals surface area contributed by atoms with E-state index in [2.05, 4.69) is 5.32 Å². The number of hydrogen-bond acceptors (Lipinski definition) is 3. The van der Waals surface area contributed by atoms with Gasteiger partial charge in [0.2, 0.25) is 0 Å². The molecule has 0 bridgehead atoms. The first-order valence-electron chi connectivity index (χ1n) is 6.26. The molecule has 1 unspecified atom stereocenters. The smallest absolute Gasteiger partial charge is 0.105 e. The first-order chi connectivity index (χ1) is 9.06. The van der Waals surface area contributed by atoms with Crippen LogP contribution in [-0.2, 0) is 6.54 Å². The van der Waals surface area contributed by atoms with Crippen molar-refractivity contribution in [3.05, 3.63) is 58.0 Å². The summed E-state index contributed by atoms with van der Waals surface area (Å²) in [5.41, 5.74) is 1.98. The lowest BCUT2D eigenvalue weighted by molar-refractivity contribution is 0.174. The monoisotopic (exact) mass is 279 g/mol. The van der Waals surface area contributed by atoms with E-state index in [0.29, 0.717) is 18.1 Å². The van der Waals surface area contributed by atoms with E-state index < -0.39 is 6.10 Å². The fraction of sp³-hybridized carbons (Fsp3) is 0.333. The predicted octanol–water partition coefficient (Wildman–Crippen LogP) is 3.37. The van der Waals surface area contributed by atoms with Gasteiger partial charge in [0.25, 0.3) is 0 Å². The van der Waals surface area contributed by atoms with Gasteiger partial charge in [-0.25, -0.2) is 0 Å². The highest BCUT2D eigenvalue weighted by molar-refractivity contribution is 6.30. The lowest BCUT2D eigenvalue weighted by Gasteiger charge is -2.12. The van der Waals surface area contributed by atoms with Crippen molar-refractivity contribution in [1.82, 2.24) is 5.32 Å². The number of rotatable bonds is 5. The molecule has 1 heterocycles. The van der Waals surface area contributed by atoms with Crippen LogP contribution in [-0.4, -0.2) is 11.7 Å². The minimum absolute atomic E-state index is 0.491. The van der Waals surface area contributed by atoms with E-state index in [-0.39, 0.29) is 0 Å². The molecule has 0 aliphatic heterocycles. The highest BCUT2D eigenvalue weighted by atomic mass is 35.5. The van der Waals surface area contributed by atoms with E-state index in [4.69, 9.17) is 16.0 Å². The van der Waals surface area contributed by atoms with Crippen molar-refractivity contribution >= 4 is 11.6 Å². The van der Waals surface area contributed by atoms with Gasteiger partial charge in [-0.2, -0.15) is 0 Å². The van der Waals surface area contributed by atoms with E-state index in [1.165, 1.54) is 0 Å². The fourth-order valence-corrected chi connectivity index (χ4v) is 2.13. The second kappa shape index (κ2) is 6.24. The second-order valence-electron chi connectivity index (χ2n) is 4.64. The molecule has 0 spiro atoms. The zero-order chi connectivity index (χ0) is 13.8. The van der Waals surface area contributed by atoms with Crippen molar-refractivity contribution in [3.8, 4) is 0 Å². The molecular formula is C15H18ClNO2. The Kier molecular flexibility index (Phi) is 4.64. The topological polar surface area (TPSA) is 45.4 Å². The van der Waals surface area contributed by atoms with Gasteiger partial charge in [0, 0.05) is 23.7 Å². The molecule has 1 aromatic carbocycles. The number of aliphatic hydroxyl groups excluding tert-OH is 1. The summed E-state index contributed by atoms with van der Waals surface area (Å²) < 4.78 is 5.45. The van der Waals surface area contributed by atoms with Crippen molar-refractivity contribution in [1.29, 1.82) is 0 Å². The average molecular weight is 280 g/mol. The third-order valence-corrected chi connectivity index (χ3v) is 3.30. The molecule has 102 valence electrons. The first kappa shape index (κ1) is 14.1. The minimum atomic E-state index is -0.537. The molecule has 2 aromatic rings. The largest absolute Gasteiger partial charge is 0.466 e. The zero-order valence-electron chi connectivity index (χ0n) is 11.1. The van der Waals surface area contributed by atoms with Gasteiger partial charge in [-0.05, 0) is 37.6 Å². The number of hydrogen-bond donors (Lipinski definition) is 2. The van der Waals surface area contributed by atoms with E-state index in [0.717, 1.165) is 22.6 Å². The van der Waals surface area contributed by atoms with Crippen molar-refractivity contribution in [3.63, 3.8) is 0 Å². The quantitative estimate of drug-likeness (QED) is 0.882. The van der Waals surface area contributed by atoms with Crippen LogP contribution in [0.3, 0.4) is 0 Å². The Morgan fingerprint density at radius 3 is 2.53 bits per heavy atom.